The van der Waals surface area contributed by atoms with Crippen LogP contribution in [0.15, 0.2) is 18.2 Å². The maximum atomic E-state index is 12.8. The molecule has 0 spiro atoms. The lowest BCUT2D eigenvalue weighted by atomic mass is 10.0. The fourth-order valence-corrected chi connectivity index (χ4v) is 3.68. The van der Waals surface area contributed by atoms with Gasteiger partial charge in [0.1, 0.15) is 11.4 Å². The molecule has 1 aliphatic carbocycles. The molecular formula is C20H30N2O2. The maximum Gasteiger partial charge on any atom is 0.179 e. The van der Waals surface area contributed by atoms with Gasteiger partial charge in [0.2, 0.25) is 0 Å². The number of fused-ring (bicyclic) bond motifs is 1. The van der Waals surface area contributed by atoms with Crippen molar-refractivity contribution in [3.05, 3.63) is 23.8 Å². The number of Topliss-reactive ketones (excluding diaryl/α,β-unsaturated/α-hetero) is 1. The van der Waals surface area contributed by atoms with E-state index in [2.05, 4.69) is 24.5 Å². The van der Waals surface area contributed by atoms with Crippen LogP contribution in [0.3, 0.4) is 0 Å². The molecule has 1 atom stereocenters. The minimum atomic E-state index is -0.215. The lowest BCUT2D eigenvalue weighted by molar-refractivity contribution is 0.0942. The fraction of sp³-hybridized carbons (Fsp3) is 0.650. The predicted molar refractivity (Wildman–Crippen MR) is 98.1 cm³/mol. The average molecular weight is 330 g/mol. The first-order valence-corrected chi connectivity index (χ1v) is 9.32. The summed E-state index contributed by atoms with van der Waals surface area (Å²) in [6.45, 7) is 6.84. The Bertz CT molecular complexity index is 589. The first-order valence-electron chi connectivity index (χ1n) is 9.32. The van der Waals surface area contributed by atoms with Crippen molar-refractivity contribution in [1.29, 1.82) is 0 Å². The molecule has 0 amide bonds. The quantitative estimate of drug-likeness (QED) is 0.643. The summed E-state index contributed by atoms with van der Waals surface area (Å²) in [6, 6.07) is 6.06. The van der Waals surface area contributed by atoms with Gasteiger partial charge in [-0.2, -0.15) is 0 Å². The molecule has 1 saturated carbocycles. The summed E-state index contributed by atoms with van der Waals surface area (Å²) < 4.78 is 5.96. The molecule has 1 unspecified atom stereocenters. The number of rotatable bonds is 4. The van der Waals surface area contributed by atoms with Crippen molar-refractivity contribution in [2.24, 2.45) is 0 Å². The van der Waals surface area contributed by atoms with Crippen molar-refractivity contribution < 1.29 is 9.53 Å². The van der Waals surface area contributed by atoms with Crippen molar-refractivity contribution in [1.82, 2.24) is 5.32 Å². The second-order valence-electron chi connectivity index (χ2n) is 7.87. The second-order valence-corrected chi connectivity index (χ2v) is 7.87. The average Bonchev–Trinajstić information content (AvgIpc) is 2.81. The normalized spacial score (nSPS) is 21.8. The molecule has 3 rings (SSSR count). The molecule has 0 saturated heterocycles. The van der Waals surface area contributed by atoms with Crippen LogP contribution in [0.1, 0.15) is 69.7 Å². The first-order chi connectivity index (χ1) is 11.4. The van der Waals surface area contributed by atoms with Gasteiger partial charge < -0.3 is 15.4 Å². The van der Waals surface area contributed by atoms with E-state index in [0.29, 0.717) is 6.04 Å². The summed E-state index contributed by atoms with van der Waals surface area (Å²) in [6.07, 6.45) is 7.57. The summed E-state index contributed by atoms with van der Waals surface area (Å²) in [5.74, 6) is 0.987. The molecule has 0 aromatic heterocycles. The van der Waals surface area contributed by atoms with E-state index in [9.17, 15) is 4.79 Å². The Balaban J connectivity index is 1.66. The van der Waals surface area contributed by atoms with Gasteiger partial charge in [0.15, 0.2) is 5.78 Å². The Hall–Kier alpha value is -1.55. The Labute approximate surface area is 145 Å². The summed E-state index contributed by atoms with van der Waals surface area (Å²) in [5.41, 5.74) is 1.45. The number of hydrogen-bond donors (Lipinski definition) is 2. The van der Waals surface area contributed by atoms with Crippen molar-refractivity contribution in [3.8, 4) is 5.75 Å². The third-order valence-corrected chi connectivity index (χ3v) is 5.09. The molecule has 4 heteroatoms. The summed E-state index contributed by atoms with van der Waals surface area (Å²) in [4.78, 5) is 12.8. The van der Waals surface area contributed by atoms with Gasteiger partial charge in [-0.15, -0.1) is 0 Å². The van der Waals surface area contributed by atoms with E-state index < -0.39 is 0 Å². The molecule has 1 aromatic rings. The summed E-state index contributed by atoms with van der Waals surface area (Å²) in [5, 5.41) is 6.93. The second kappa shape index (κ2) is 7.14. The van der Waals surface area contributed by atoms with Gasteiger partial charge in [0.05, 0.1) is 18.3 Å². The fourth-order valence-electron chi connectivity index (χ4n) is 3.68. The van der Waals surface area contributed by atoms with Gasteiger partial charge in [-0.3, -0.25) is 4.79 Å². The van der Waals surface area contributed by atoms with Crippen LogP contribution in [-0.2, 0) is 0 Å². The van der Waals surface area contributed by atoms with E-state index in [1.54, 1.807) is 0 Å². The van der Waals surface area contributed by atoms with Gasteiger partial charge in [-0.05, 0) is 51.8 Å². The van der Waals surface area contributed by atoms with E-state index >= 15 is 0 Å². The zero-order valence-electron chi connectivity index (χ0n) is 15.2. The number of ketones is 1. The number of benzene rings is 1. The Kier molecular flexibility index (Phi) is 5.14. The molecule has 4 nitrogen and oxygen atoms in total. The monoisotopic (exact) mass is 330 g/mol. The molecule has 1 heterocycles. The molecule has 2 N–H and O–H groups in total. The Morgan fingerprint density at radius 3 is 2.67 bits per heavy atom. The van der Waals surface area contributed by atoms with Crippen LogP contribution in [0.5, 0.6) is 5.75 Å². The van der Waals surface area contributed by atoms with Crippen LogP contribution in [0, 0.1) is 0 Å². The van der Waals surface area contributed by atoms with Gasteiger partial charge in [-0.25, -0.2) is 0 Å². The van der Waals surface area contributed by atoms with Crippen molar-refractivity contribution in [2.45, 2.75) is 77.0 Å². The number of hydrogen-bond acceptors (Lipinski definition) is 4. The molecular weight excluding hydrogens is 300 g/mol. The third-order valence-electron chi connectivity index (χ3n) is 5.09. The van der Waals surface area contributed by atoms with Gasteiger partial charge in [0, 0.05) is 11.6 Å². The number of anilines is 1. The van der Waals surface area contributed by atoms with E-state index in [4.69, 9.17) is 4.74 Å². The van der Waals surface area contributed by atoms with Crippen molar-refractivity contribution in [3.63, 3.8) is 0 Å². The van der Waals surface area contributed by atoms with Crippen molar-refractivity contribution in [2.75, 3.05) is 11.9 Å². The van der Waals surface area contributed by atoms with Crippen LogP contribution < -0.4 is 15.4 Å². The van der Waals surface area contributed by atoms with E-state index in [1.165, 1.54) is 38.5 Å². The maximum absolute atomic E-state index is 12.8. The molecule has 0 radical (unpaired) electrons. The van der Waals surface area contributed by atoms with Crippen LogP contribution >= 0.6 is 0 Å². The standard InChI is InChI=1S/C20H30N2O2/c1-14(22-16-8-6-4-5-7-9-16)19(23)15-10-11-18-17(12-15)21-13-20(2,3)24-18/h10-12,14,16,21-22H,4-9,13H2,1-3H3. The SMILES string of the molecule is CC(NC1CCCCCC1)C(=O)c1ccc2c(c1)NCC(C)(C)O2. The van der Waals surface area contributed by atoms with Crippen molar-refractivity contribution >= 4 is 11.5 Å². The number of nitrogens with one attached hydrogen (secondary N) is 2. The minimum Gasteiger partial charge on any atom is -0.484 e. The predicted octanol–water partition coefficient (Wildman–Crippen LogP) is 4.15. The molecule has 132 valence electrons. The van der Waals surface area contributed by atoms with Crippen LogP contribution in [0.25, 0.3) is 0 Å². The largest absolute Gasteiger partial charge is 0.484 e. The van der Waals surface area contributed by atoms with Gasteiger partial charge >= 0.3 is 0 Å². The number of carbonyl (C=O) groups excluding carboxylic acids is 1. The van der Waals surface area contributed by atoms with E-state index in [-0.39, 0.29) is 17.4 Å². The Morgan fingerprint density at radius 1 is 1.25 bits per heavy atom. The third kappa shape index (κ3) is 4.10. The molecule has 1 fully saturated rings. The number of carbonyl (C=O) groups is 1. The summed E-state index contributed by atoms with van der Waals surface area (Å²) in [7, 11) is 0. The van der Waals surface area contributed by atoms with Gasteiger partial charge in [-0.1, -0.05) is 25.7 Å². The highest BCUT2D eigenvalue weighted by molar-refractivity contribution is 6.01. The number of ether oxygens (including phenoxy) is 1. The van der Waals surface area contributed by atoms with Crippen LogP contribution in [-0.4, -0.2) is 30.0 Å². The molecule has 1 aliphatic heterocycles. The molecule has 24 heavy (non-hydrogen) atoms. The lowest BCUT2D eigenvalue weighted by Gasteiger charge is -2.33. The minimum absolute atomic E-state index is 0.146. The highest BCUT2D eigenvalue weighted by Crippen LogP contribution is 2.33. The highest BCUT2D eigenvalue weighted by Gasteiger charge is 2.27. The molecule has 2 aliphatic rings. The first kappa shape index (κ1) is 17.3. The topological polar surface area (TPSA) is 50.4 Å². The lowest BCUT2D eigenvalue weighted by Crippen LogP contribution is -2.41. The van der Waals surface area contributed by atoms with E-state index in [1.807, 2.05) is 25.1 Å². The van der Waals surface area contributed by atoms with Crippen LogP contribution in [0.4, 0.5) is 5.69 Å². The summed E-state index contributed by atoms with van der Waals surface area (Å²) >= 11 is 0. The molecule has 0 bridgehead atoms. The molecule has 1 aromatic carbocycles. The Morgan fingerprint density at radius 2 is 1.96 bits per heavy atom. The smallest absolute Gasteiger partial charge is 0.179 e. The van der Waals surface area contributed by atoms with Crippen LogP contribution in [0.2, 0.25) is 0 Å². The van der Waals surface area contributed by atoms with Gasteiger partial charge in [0.25, 0.3) is 0 Å². The zero-order chi connectivity index (χ0) is 17.2. The highest BCUT2D eigenvalue weighted by atomic mass is 16.5. The zero-order valence-corrected chi connectivity index (χ0v) is 15.2. The van der Waals surface area contributed by atoms with E-state index in [0.717, 1.165) is 23.5 Å².